The summed E-state index contributed by atoms with van der Waals surface area (Å²) >= 11 is 0. The maximum atomic E-state index is 13.7. The third kappa shape index (κ3) is 6.85. The summed E-state index contributed by atoms with van der Waals surface area (Å²) in [4.78, 5) is 74.5. The van der Waals surface area contributed by atoms with E-state index in [0.29, 0.717) is 47.7 Å². The molecule has 1 saturated carbocycles. The van der Waals surface area contributed by atoms with Crippen LogP contribution in [0.1, 0.15) is 103 Å². The Kier molecular flexibility index (Phi) is 10.8. The quantitative estimate of drug-likeness (QED) is 0.174. The highest BCUT2D eigenvalue weighted by Crippen LogP contribution is 2.70. The Morgan fingerprint density at radius 2 is 0.828 bits per heavy atom. The van der Waals surface area contributed by atoms with Gasteiger partial charge in [-0.2, -0.15) is 0 Å². The Labute approximate surface area is 338 Å². The number of piperidine rings is 2. The average molecular weight is 803 g/mol. The maximum absolute atomic E-state index is 13.7. The number of quaternary nitrogens is 2. The molecule has 10 atom stereocenters. The molecule has 6 unspecified atom stereocenters. The number of esters is 4. The zero-order valence-corrected chi connectivity index (χ0v) is 34.2. The molecule has 14 heteroatoms. The van der Waals surface area contributed by atoms with E-state index in [1.54, 1.807) is 24.3 Å². The number of rotatable bonds is 12. The number of aliphatic carboxylic acids is 2. The van der Waals surface area contributed by atoms with Crippen molar-refractivity contribution in [2.75, 3.05) is 14.1 Å². The van der Waals surface area contributed by atoms with Crippen molar-refractivity contribution in [1.82, 2.24) is 0 Å². The summed E-state index contributed by atoms with van der Waals surface area (Å²) < 4.78 is 22.6. The Bertz CT molecular complexity index is 1880. The molecule has 5 aliphatic rings. The van der Waals surface area contributed by atoms with Crippen molar-refractivity contribution in [3.8, 4) is 23.0 Å². The molecule has 58 heavy (non-hydrogen) atoms. The summed E-state index contributed by atoms with van der Waals surface area (Å²) in [5.41, 5.74) is -1.37. The molecule has 2 aromatic rings. The smallest absolute Gasteiger partial charge is 0.308 e. The van der Waals surface area contributed by atoms with Crippen LogP contribution >= 0.6 is 0 Å². The highest BCUT2D eigenvalue weighted by molar-refractivity contribution is 5.88. The van der Waals surface area contributed by atoms with Crippen LogP contribution in [-0.2, 0) is 41.9 Å². The predicted molar refractivity (Wildman–Crippen MR) is 201 cm³/mol. The van der Waals surface area contributed by atoms with Gasteiger partial charge in [-0.25, -0.2) is 0 Å². The zero-order chi connectivity index (χ0) is 41.9. The lowest BCUT2D eigenvalue weighted by molar-refractivity contribution is -0.963. The van der Waals surface area contributed by atoms with Gasteiger partial charge in [-0.15, -0.1) is 0 Å². The molecule has 14 nitrogen and oxygen atoms in total. The number of carbonyl (C=O) groups excluding carboxylic acids is 6. The second-order valence-electron chi connectivity index (χ2n) is 18.1. The second-order valence-corrected chi connectivity index (χ2v) is 18.1. The lowest BCUT2D eigenvalue weighted by Crippen LogP contribution is -2.75. The van der Waals surface area contributed by atoms with E-state index in [2.05, 4.69) is 14.1 Å². The number of carbonyl (C=O) groups is 6. The number of hydrogen-bond acceptors (Lipinski definition) is 12. The van der Waals surface area contributed by atoms with E-state index in [0.717, 1.165) is 36.8 Å². The van der Waals surface area contributed by atoms with Crippen LogP contribution in [0.3, 0.4) is 0 Å². The van der Waals surface area contributed by atoms with E-state index < -0.39 is 58.5 Å². The van der Waals surface area contributed by atoms with Crippen molar-refractivity contribution in [2.45, 2.75) is 129 Å². The van der Waals surface area contributed by atoms with E-state index in [-0.39, 0.29) is 60.0 Å². The van der Waals surface area contributed by atoms with Crippen LogP contribution in [0.15, 0.2) is 36.4 Å². The Morgan fingerprint density at radius 1 is 0.534 bits per heavy atom. The molecule has 312 valence electrons. The number of nitrogens with zero attached hydrogens (tertiary/aromatic N) is 2. The number of fused-ring (bicyclic) bond motifs is 4. The molecule has 0 radical (unpaired) electrons. The highest BCUT2D eigenvalue weighted by atomic mass is 16.6. The summed E-state index contributed by atoms with van der Waals surface area (Å²) in [6, 6.07) is 10.6. The Hall–Kier alpha value is -4.82. The Morgan fingerprint density at radius 3 is 1.09 bits per heavy atom. The molecule has 4 saturated heterocycles. The largest absolute Gasteiger partial charge is 0.550 e. The molecule has 2 aromatic carbocycles. The van der Waals surface area contributed by atoms with Gasteiger partial charge < -0.3 is 47.7 Å². The van der Waals surface area contributed by atoms with Crippen LogP contribution in [0.2, 0.25) is 0 Å². The van der Waals surface area contributed by atoms with Crippen LogP contribution in [-0.4, -0.2) is 83.0 Å². The molecule has 7 rings (SSSR count). The lowest BCUT2D eigenvalue weighted by atomic mass is 9.38. The standard InChI is InChI=1S/C44H54N2O12/c1-25(47)55-37-13-7-29(17-39(37)57-27(3)49)23-45(5)33-9-10-34(45)20-31(19-33)43(41(51)52)15-16-44(43,42(53)54)32-21-35-11-12-36(22-32)46(35,6)24-30-8-14-38(56-26(2)48)40(18-30)58-28(4)50/h7-8,13-14,17-18,31-36H,9-12,15-16,19-24H2,1-6H3/t31?,32?,33-,34+,35-,36+,43?,44?,45?,46?. The first-order valence-electron chi connectivity index (χ1n) is 20.4. The van der Waals surface area contributed by atoms with Crippen LogP contribution in [0.5, 0.6) is 23.0 Å². The van der Waals surface area contributed by atoms with Gasteiger partial charge >= 0.3 is 23.9 Å². The number of hydrogen-bond donors (Lipinski definition) is 0. The third-order valence-corrected chi connectivity index (χ3v) is 15.1. The van der Waals surface area contributed by atoms with E-state index in [1.165, 1.54) is 27.7 Å². The first-order valence-corrected chi connectivity index (χ1v) is 20.4. The summed E-state index contributed by atoms with van der Waals surface area (Å²) in [7, 11) is 4.33. The number of carboxylic acids is 2. The number of benzene rings is 2. The van der Waals surface area contributed by atoms with Crippen LogP contribution in [0, 0.1) is 22.7 Å². The molecule has 0 amide bonds. The number of ether oxygens (including phenoxy) is 4. The molecule has 0 N–H and O–H groups in total. The minimum atomic E-state index is -1.55. The van der Waals surface area contributed by atoms with Crippen molar-refractivity contribution in [2.24, 2.45) is 22.7 Å². The SMILES string of the molecule is CC(=O)Oc1ccc(C[N+]2(C)[C@@H]3CC[C@H]2CC(C2(C(=O)[O-])CCC2(C(=O)[O-])C2C[C@H]4CC[C@@H](C2)[N+]4(C)Cc2ccc(OC(C)=O)c(OC(C)=O)c2)C3)cc1OC(C)=O. The molecule has 4 heterocycles. The molecule has 0 aromatic heterocycles. The number of carboxylic acid groups (broad SMARTS) is 2. The van der Waals surface area contributed by atoms with Crippen molar-refractivity contribution in [3.63, 3.8) is 0 Å². The summed E-state index contributed by atoms with van der Waals surface area (Å²) in [6.07, 6.45) is 6.12. The van der Waals surface area contributed by atoms with Crippen molar-refractivity contribution in [3.05, 3.63) is 47.5 Å². The van der Waals surface area contributed by atoms with E-state index in [9.17, 15) is 39.0 Å². The molecule has 4 aliphatic heterocycles. The lowest BCUT2D eigenvalue weighted by Gasteiger charge is -2.69. The van der Waals surface area contributed by atoms with Gasteiger partial charge in [0.2, 0.25) is 0 Å². The monoisotopic (exact) mass is 802 g/mol. The van der Waals surface area contributed by atoms with Crippen molar-refractivity contribution >= 4 is 35.8 Å². The molecule has 0 spiro atoms. The van der Waals surface area contributed by atoms with Gasteiger partial charge in [-0.3, -0.25) is 19.2 Å². The van der Waals surface area contributed by atoms with Crippen LogP contribution < -0.4 is 29.2 Å². The first kappa shape index (κ1) is 41.3. The fourth-order valence-corrected chi connectivity index (χ4v) is 12.5. The van der Waals surface area contributed by atoms with E-state index >= 15 is 0 Å². The van der Waals surface area contributed by atoms with Gasteiger partial charge in [0, 0.05) is 113 Å². The van der Waals surface area contributed by atoms with Gasteiger partial charge in [0.15, 0.2) is 23.0 Å². The van der Waals surface area contributed by atoms with Gasteiger partial charge in [0.25, 0.3) is 0 Å². The van der Waals surface area contributed by atoms with Crippen molar-refractivity contribution < 1.29 is 66.9 Å². The zero-order valence-electron chi connectivity index (χ0n) is 34.2. The topological polar surface area (TPSA) is 185 Å². The fourth-order valence-electron chi connectivity index (χ4n) is 12.5. The molecular formula is C44H54N2O12. The van der Waals surface area contributed by atoms with Gasteiger partial charge in [0.1, 0.15) is 13.1 Å². The maximum Gasteiger partial charge on any atom is 0.308 e. The predicted octanol–water partition coefficient (Wildman–Crippen LogP) is 3.13. The second kappa shape index (κ2) is 15.1. The van der Waals surface area contributed by atoms with Crippen LogP contribution in [0.4, 0.5) is 0 Å². The highest BCUT2D eigenvalue weighted by Gasteiger charge is 2.71. The molecular weight excluding hydrogens is 748 g/mol. The van der Waals surface area contributed by atoms with Gasteiger partial charge in [0.05, 0.1) is 38.3 Å². The normalized spacial score (nSPS) is 34.7. The molecule has 1 aliphatic carbocycles. The summed E-state index contributed by atoms with van der Waals surface area (Å²) in [5.74, 6) is -4.94. The van der Waals surface area contributed by atoms with Crippen molar-refractivity contribution in [1.29, 1.82) is 0 Å². The fraction of sp³-hybridized carbons (Fsp3) is 0.591. The van der Waals surface area contributed by atoms with E-state index in [1.807, 2.05) is 12.1 Å². The van der Waals surface area contributed by atoms with E-state index in [4.69, 9.17) is 18.9 Å². The first-order chi connectivity index (χ1) is 27.3. The minimum Gasteiger partial charge on any atom is -0.550 e. The third-order valence-electron chi connectivity index (χ3n) is 15.1. The van der Waals surface area contributed by atoms with Gasteiger partial charge in [-0.1, -0.05) is 0 Å². The summed E-state index contributed by atoms with van der Waals surface area (Å²) in [5, 5.41) is 27.4. The van der Waals surface area contributed by atoms with Gasteiger partial charge in [-0.05, 0) is 61.1 Å². The average Bonchev–Trinajstić information content (AvgIpc) is 3.33. The van der Waals surface area contributed by atoms with Crippen LogP contribution in [0.25, 0.3) is 0 Å². The summed E-state index contributed by atoms with van der Waals surface area (Å²) in [6.45, 7) is 6.23. The minimum absolute atomic E-state index is 0.0666. The Balaban J connectivity index is 1.13. The molecule has 5 fully saturated rings. The molecule has 4 bridgehead atoms.